The van der Waals surface area contributed by atoms with Gasteiger partial charge < -0.3 is 14.3 Å². The Morgan fingerprint density at radius 1 is 1.20 bits per heavy atom. The van der Waals surface area contributed by atoms with Crippen LogP contribution in [-0.2, 0) is 6.54 Å². The number of nitrogens with zero attached hydrogens (tertiary/aromatic N) is 2. The van der Waals surface area contributed by atoms with Crippen molar-refractivity contribution in [1.82, 2.24) is 15.5 Å². The number of amides is 1. The maximum atomic E-state index is 11.8. The summed E-state index contributed by atoms with van der Waals surface area (Å²) >= 11 is 0. The highest BCUT2D eigenvalue weighted by atomic mass is 16.5. The second-order valence-electron chi connectivity index (χ2n) is 4.08. The average Bonchev–Trinajstić information content (AvgIpc) is 3.16. The van der Waals surface area contributed by atoms with Gasteiger partial charge in [0.25, 0.3) is 11.8 Å². The Bertz CT molecular complexity index is 690. The molecular formula is C14H11N3O3. The predicted octanol–water partition coefficient (Wildman–Crippen LogP) is 2.26. The molecule has 0 saturated heterocycles. The molecule has 0 spiro atoms. The maximum Gasteiger partial charge on any atom is 0.261 e. The molecule has 0 atom stereocenters. The minimum atomic E-state index is -0.180. The molecule has 0 radical (unpaired) electrons. The van der Waals surface area contributed by atoms with Crippen LogP contribution in [0.4, 0.5) is 0 Å². The Kier molecular flexibility index (Phi) is 3.28. The first-order chi connectivity index (χ1) is 9.83. The summed E-state index contributed by atoms with van der Waals surface area (Å²) in [7, 11) is 0. The molecule has 0 bridgehead atoms. The summed E-state index contributed by atoms with van der Waals surface area (Å²) in [5.41, 5.74) is 1.30. The van der Waals surface area contributed by atoms with E-state index in [4.69, 9.17) is 8.94 Å². The molecule has 1 aromatic carbocycles. The third-order valence-corrected chi connectivity index (χ3v) is 2.68. The van der Waals surface area contributed by atoms with Crippen LogP contribution >= 0.6 is 0 Å². The van der Waals surface area contributed by atoms with Gasteiger partial charge in [0.1, 0.15) is 6.26 Å². The third-order valence-electron chi connectivity index (χ3n) is 2.68. The second kappa shape index (κ2) is 5.40. The number of hydrogen-bond acceptors (Lipinski definition) is 5. The lowest BCUT2D eigenvalue weighted by Crippen LogP contribution is -2.23. The van der Waals surface area contributed by atoms with Gasteiger partial charge >= 0.3 is 0 Å². The summed E-state index contributed by atoms with van der Waals surface area (Å²) < 4.78 is 10.0. The zero-order chi connectivity index (χ0) is 13.8. The van der Waals surface area contributed by atoms with Crippen LogP contribution in [0.5, 0.6) is 0 Å². The molecule has 0 unspecified atom stereocenters. The number of benzene rings is 1. The number of hydrogen-bond donors (Lipinski definition) is 1. The topological polar surface area (TPSA) is 81.2 Å². The van der Waals surface area contributed by atoms with Crippen molar-refractivity contribution in [1.29, 1.82) is 0 Å². The van der Waals surface area contributed by atoms with Gasteiger partial charge in [-0.1, -0.05) is 23.4 Å². The second-order valence-corrected chi connectivity index (χ2v) is 4.08. The smallest absolute Gasteiger partial charge is 0.261 e. The van der Waals surface area contributed by atoms with Crippen LogP contribution in [0.15, 0.2) is 57.9 Å². The predicted molar refractivity (Wildman–Crippen MR) is 69.6 cm³/mol. The van der Waals surface area contributed by atoms with Crippen molar-refractivity contribution in [3.05, 3.63) is 60.3 Å². The van der Waals surface area contributed by atoms with E-state index in [1.165, 1.54) is 12.5 Å². The molecule has 20 heavy (non-hydrogen) atoms. The number of furan rings is 1. The van der Waals surface area contributed by atoms with Crippen LogP contribution in [0.25, 0.3) is 11.5 Å². The lowest BCUT2D eigenvalue weighted by atomic mass is 10.2. The van der Waals surface area contributed by atoms with E-state index in [0.717, 1.165) is 0 Å². The van der Waals surface area contributed by atoms with Gasteiger partial charge in [-0.3, -0.25) is 4.79 Å². The fourth-order valence-electron chi connectivity index (χ4n) is 1.68. The molecule has 3 aromatic rings. The van der Waals surface area contributed by atoms with E-state index in [9.17, 15) is 4.79 Å². The first-order valence-corrected chi connectivity index (χ1v) is 6.01. The monoisotopic (exact) mass is 269 g/mol. The maximum absolute atomic E-state index is 11.8. The third kappa shape index (κ3) is 2.59. The molecule has 3 rings (SSSR count). The van der Waals surface area contributed by atoms with E-state index in [2.05, 4.69) is 15.5 Å². The molecule has 6 nitrogen and oxygen atoms in total. The first kappa shape index (κ1) is 12.2. The number of aromatic nitrogens is 2. The molecule has 1 amide bonds. The van der Waals surface area contributed by atoms with E-state index < -0.39 is 0 Å². The fraction of sp³-hybridized carbons (Fsp3) is 0.0714. The summed E-state index contributed by atoms with van der Waals surface area (Å²) in [6.45, 7) is 0.203. The van der Waals surface area contributed by atoms with Crippen molar-refractivity contribution in [3.8, 4) is 11.5 Å². The van der Waals surface area contributed by atoms with Gasteiger partial charge in [-0.15, -0.1) is 0 Å². The summed E-state index contributed by atoms with van der Waals surface area (Å²) in [5, 5.41) is 6.52. The van der Waals surface area contributed by atoms with Gasteiger partial charge in [0.2, 0.25) is 0 Å². The molecule has 0 aliphatic carbocycles. The number of carbonyl (C=O) groups excluding carboxylic acids is 1. The Hall–Kier alpha value is -2.89. The first-order valence-electron chi connectivity index (χ1n) is 6.01. The van der Waals surface area contributed by atoms with Crippen molar-refractivity contribution in [2.75, 3.05) is 0 Å². The van der Waals surface area contributed by atoms with Gasteiger partial charge in [0.05, 0.1) is 18.4 Å². The SMILES string of the molecule is O=C(NCc1noc(-c2ccoc2)n1)c1ccccc1. The van der Waals surface area contributed by atoms with E-state index in [1.807, 2.05) is 6.07 Å². The number of carbonyl (C=O) groups is 1. The summed E-state index contributed by atoms with van der Waals surface area (Å²) in [6.07, 6.45) is 3.04. The quantitative estimate of drug-likeness (QED) is 0.785. The van der Waals surface area contributed by atoms with Crippen LogP contribution in [0.3, 0.4) is 0 Å². The largest absolute Gasteiger partial charge is 0.472 e. The van der Waals surface area contributed by atoms with E-state index in [-0.39, 0.29) is 12.5 Å². The Labute approximate surface area is 114 Å². The van der Waals surface area contributed by atoms with E-state index in [0.29, 0.717) is 22.8 Å². The summed E-state index contributed by atoms with van der Waals surface area (Å²) in [4.78, 5) is 16.0. The molecule has 0 aliphatic heterocycles. The molecule has 0 fully saturated rings. The molecule has 0 saturated carbocycles. The molecule has 1 N–H and O–H groups in total. The number of rotatable bonds is 4. The summed E-state index contributed by atoms with van der Waals surface area (Å²) in [5.74, 6) is 0.591. The van der Waals surface area contributed by atoms with Crippen molar-refractivity contribution < 1.29 is 13.7 Å². The van der Waals surface area contributed by atoms with Crippen molar-refractivity contribution in [2.24, 2.45) is 0 Å². The van der Waals surface area contributed by atoms with Gasteiger partial charge in [-0.2, -0.15) is 4.98 Å². The normalized spacial score (nSPS) is 10.4. The Morgan fingerprint density at radius 2 is 2.05 bits per heavy atom. The van der Waals surface area contributed by atoms with Crippen LogP contribution < -0.4 is 5.32 Å². The minimum absolute atomic E-state index is 0.180. The average molecular weight is 269 g/mol. The highest BCUT2D eigenvalue weighted by Gasteiger charge is 2.11. The fourth-order valence-corrected chi connectivity index (χ4v) is 1.68. The molecule has 6 heteroatoms. The van der Waals surface area contributed by atoms with Gasteiger partial charge in [-0.25, -0.2) is 0 Å². The van der Waals surface area contributed by atoms with Gasteiger partial charge in [0.15, 0.2) is 5.82 Å². The van der Waals surface area contributed by atoms with Gasteiger partial charge in [0, 0.05) is 5.56 Å². The van der Waals surface area contributed by atoms with Crippen molar-refractivity contribution >= 4 is 5.91 Å². The van der Waals surface area contributed by atoms with Crippen LogP contribution in [-0.4, -0.2) is 16.0 Å². The molecule has 100 valence electrons. The Morgan fingerprint density at radius 3 is 2.80 bits per heavy atom. The summed E-state index contributed by atoms with van der Waals surface area (Å²) in [6, 6.07) is 10.7. The lowest BCUT2D eigenvalue weighted by Gasteiger charge is -2.01. The van der Waals surface area contributed by atoms with Crippen molar-refractivity contribution in [2.45, 2.75) is 6.54 Å². The standard InChI is InChI=1S/C14H11N3O3/c18-13(10-4-2-1-3-5-10)15-8-12-16-14(20-17-12)11-6-7-19-9-11/h1-7,9H,8H2,(H,15,18). The molecule has 2 aromatic heterocycles. The zero-order valence-corrected chi connectivity index (χ0v) is 10.4. The number of nitrogens with one attached hydrogen (secondary N) is 1. The van der Waals surface area contributed by atoms with Crippen molar-refractivity contribution in [3.63, 3.8) is 0 Å². The molecule has 2 heterocycles. The minimum Gasteiger partial charge on any atom is -0.472 e. The van der Waals surface area contributed by atoms with Crippen LogP contribution in [0, 0.1) is 0 Å². The van der Waals surface area contributed by atoms with Gasteiger partial charge in [-0.05, 0) is 18.2 Å². The molecule has 0 aliphatic rings. The lowest BCUT2D eigenvalue weighted by molar-refractivity contribution is 0.0949. The highest BCUT2D eigenvalue weighted by Crippen LogP contribution is 2.16. The zero-order valence-electron chi connectivity index (χ0n) is 10.4. The Balaban J connectivity index is 1.63. The van der Waals surface area contributed by atoms with E-state index in [1.54, 1.807) is 30.3 Å². The highest BCUT2D eigenvalue weighted by molar-refractivity contribution is 5.93. The van der Waals surface area contributed by atoms with Crippen LogP contribution in [0.1, 0.15) is 16.2 Å². The molecular weight excluding hydrogens is 258 g/mol. The van der Waals surface area contributed by atoms with E-state index >= 15 is 0 Å². The van der Waals surface area contributed by atoms with Crippen LogP contribution in [0.2, 0.25) is 0 Å².